The van der Waals surface area contributed by atoms with Crippen LogP contribution in [0, 0.1) is 3.57 Å². The quantitative estimate of drug-likeness (QED) is 0.612. The molecule has 0 unspecified atom stereocenters. The number of aromatic nitrogens is 1. The van der Waals surface area contributed by atoms with Gasteiger partial charge in [0.25, 0.3) is 5.91 Å². The monoisotopic (exact) mass is 429 g/mol. The Balaban J connectivity index is 1.75. The smallest absolute Gasteiger partial charge is 0.257 e. The van der Waals surface area contributed by atoms with Gasteiger partial charge in [-0.25, -0.2) is 4.98 Å². The van der Waals surface area contributed by atoms with Gasteiger partial charge in [-0.3, -0.25) is 4.79 Å². The van der Waals surface area contributed by atoms with Crippen molar-refractivity contribution in [2.45, 2.75) is 0 Å². The molecule has 0 radical (unpaired) electrons. The third-order valence-electron chi connectivity index (χ3n) is 3.62. The molecule has 4 nitrogen and oxygen atoms in total. The van der Waals surface area contributed by atoms with Crippen LogP contribution >= 0.6 is 22.6 Å². The Morgan fingerprint density at radius 3 is 2.38 bits per heavy atom. The summed E-state index contributed by atoms with van der Waals surface area (Å²) >= 11 is 2.20. The molecule has 0 aliphatic heterocycles. The first-order valence-corrected chi connectivity index (χ1v) is 8.54. The number of nitrogens with one attached hydrogen (secondary N) is 1. The highest BCUT2D eigenvalue weighted by molar-refractivity contribution is 14.1. The van der Waals surface area contributed by atoms with Gasteiger partial charge in [0, 0.05) is 22.5 Å². The average molecular weight is 429 g/mol. The molecule has 0 aliphatic rings. The Bertz CT molecular complexity index is 835. The minimum absolute atomic E-state index is 0.166. The first-order valence-electron chi connectivity index (χ1n) is 7.46. The molecule has 0 fully saturated rings. The van der Waals surface area contributed by atoms with Gasteiger partial charge in [0.2, 0.25) is 0 Å². The van der Waals surface area contributed by atoms with Crippen molar-refractivity contribution < 1.29 is 4.79 Å². The number of carbonyl (C=O) groups excluding carboxylic acids is 1. The minimum Gasteiger partial charge on any atom is -0.329 e. The Morgan fingerprint density at radius 2 is 1.71 bits per heavy atom. The zero-order valence-corrected chi connectivity index (χ0v) is 15.3. The van der Waals surface area contributed by atoms with Crippen molar-refractivity contribution in [3.8, 4) is 0 Å². The van der Waals surface area contributed by atoms with Crippen LogP contribution in [-0.2, 0) is 0 Å². The predicted molar refractivity (Wildman–Crippen MR) is 106 cm³/mol. The fraction of sp³-hybridized carbons (Fsp3) is 0.0526. The van der Waals surface area contributed by atoms with Gasteiger partial charge in [-0.15, -0.1) is 0 Å². The number of pyridine rings is 1. The molecule has 3 aromatic rings. The molecule has 0 saturated heterocycles. The lowest BCUT2D eigenvalue weighted by atomic mass is 10.2. The molecule has 1 N–H and O–H groups in total. The zero-order valence-electron chi connectivity index (χ0n) is 13.1. The fourth-order valence-corrected chi connectivity index (χ4v) is 2.78. The number of para-hydroxylation sites is 2. The first-order chi connectivity index (χ1) is 11.6. The number of hydrogen-bond acceptors (Lipinski definition) is 3. The van der Waals surface area contributed by atoms with E-state index >= 15 is 0 Å². The third kappa shape index (κ3) is 3.73. The van der Waals surface area contributed by atoms with Crippen LogP contribution in [0.1, 0.15) is 10.4 Å². The van der Waals surface area contributed by atoms with Gasteiger partial charge in [-0.05, 0) is 59.0 Å². The summed E-state index contributed by atoms with van der Waals surface area (Å²) in [6, 6.07) is 21.3. The van der Waals surface area contributed by atoms with E-state index in [4.69, 9.17) is 0 Å². The number of rotatable bonds is 4. The number of benzene rings is 2. The van der Waals surface area contributed by atoms with E-state index in [1.807, 2.05) is 72.6 Å². The lowest BCUT2D eigenvalue weighted by molar-refractivity contribution is 0.102. The second-order valence-corrected chi connectivity index (χ2v) is 6.40. The second-order valence-electron chi connectivity index (χ2n) is 5.23. The summed E-state index contributed by atoms with van der Waals surface area (Å²) < 4.78 is 0.997. The molecule has 3 rings (SSSR count). The summed E-state index contributed by atoms with van der Waals surface area (Å²) in [5.41, 5.74) is 2.37. The van der Waals surface area contributed by atoms with E-state index in [1.165, 1.54) is 0 Å². The zero-order chi connectivity index (χ0) is 16.9. The molecule has 1 amide bonds. The number of anilines is 3. The number of hydrogen-bond donors (Lipinski definition) is 1. The van der Waals surface area contributed by atoms with Crippen molar-refractivity contribution in [2.75, 3.05) is 17.3 Å². The van der Waals surface area contributed by atoms with Crippen LogP contribution in [-0.4, -0.2) is 17.9 Å². The van der Waals surface area contributed by atoms with E-state index < -0.39 is 0 Å². The maximum absolute atomic E-state index is 12.3. The van der Waals surface area contributed by atoms with Crippen molar-refractivity contribution in [1.29, 1.82) is 0 Å². The standard InChI is InChI=1S/C19H16IN3O/c1-23(15-7-3-2-4-8-15)18-12-11-14(13-21-18)19(24)22-17-10-6-5-9-16(17)20/h2-13H,1H3,(H,22,24). The van der Waals surface area contributed by atoms with Gasteiger partial charge in [-0.1, -0.05) is 30.3 Å². The van der Waals surface area contributed by atoms with E-state index in [-0.39, 0.29) is 5.91 Å². The van der Waals surface area contributed by atoms with Crippen molar-refractivity contribution in [3.63, 3.8) is 0 Å². The van der Waals surface area contributed by atoms with Gasteiger partial charge in [-0.2, -0.15) is 0 Å². The molecule has 5 heteroatoms. The van der Waals surface area contributed by atoms with Gasteiger partial charge in [0.05, 0.1) is 11.3 Å². The van der Waals surface area contributed by atoms with E-state index in [0.717, 1.165) is 20.8 Å². The highest BCUT2D eigenvalue weighted by Crippen LogP contribution is 2.22. The highest BCUT2D eigenvalue weighted by Gasteiger charge is 2.10. The van der Waals surface area contributed by atoms with Crippen LogP contribution in [0.2, 0.25) is 0 Å². The summed E-state index contributed by atoms with van der Waals surface area (Å²) in [5, 5.41) is 2.91. The van der Waals surface area contributed by atoms with Gasteiger partial charge in [0.15, 0.2) is 0 Å². The number of amides is 1. The van der Waals surface area contributed by atoms with Crippen LogP contribution in [0.4, 0.5) is 17.2 Å². The van der Waals surface area contributed by atoms with Crippen LogP contribution in [0.15, 0.2) is 72.9 Å². The van der Waals surface area contributed by atoms with Crippen molar-refractivity contribution >= 4 is 45.7 Å². The Hall–Kier alpha value is -2.41. The molecule has 0 aliphatic carbocycles. The summed E-state index contributed by atoms with van der Waals surface area (Å²) in [7, 11) is 1.95. The Labute approximate surface area is 154 Å². The third-order valence-corrected chi connectivity index (χ3v) is 4.56. The molecule has 0 saturated carbocycles. The maximum Gasteiger partial charge on any atom is 0.257 e. The Morgan fingerprint density at radius 1 is 1.00 bits per heavy atom. The molecule has 2 aromatic carbocycles. The summed E-state index contributed by atoms with van der Waals surface area (Å²) in [4.78, 5) is 18.7. The normalized spacial score (nSPS) is 10.2. The fourth-order valence-electron chi connectivity index (χ4n) is 2.26. The van der Waals surface area contributed by atoms with Crippen molar-refractivity contribution in [3.05, 3.63) is 82.1 Å². The SMILES string of the molecule is CN(c1ccccc1)c1ccc(C(=O)Nc2ccccc2I)cn1. The highest BCUT2D eigenvalue weighted by atomic mass is 127. The van der Waals surface area contributed by atoms with E-state index in [2.05, 4.69) is 32.9 Å². The average Bonchev–Trinajstić information content (AvgIpc) is 2.64. The molecule has 24 heavy (non-hydrogen) atoms. The van der Waals surface area contributed by atoms with Gasteiger partial charge < -0.3 is 10.2 Å². The molecule has 0 spiro atoms. The predicted octanol–water partition coefficient (Wildman–Crippen LogP) is 4.71. The van der Waals surface area contributed by atoms with Crippen LogP contribution < -0.4 is 10.2 Å². The molecule has 0 atom stereocenters. The lowest BCUT2D eigenvalue weighted by Gasteiger charge is -2.18. The van der Waals surface area contributed by atoms with Crippen molar-refractivity contribution in [2.24, 2.45) is 0 Å². The molecular formula is C19H16IN3O. The van der Waals surface area contributed by atoms with Crippen LogP contribution in [0.3, 0.4) is 0 Å². The number of halogens is 1. The first kappa shape index (κ1) is 16.4. The molecule has 120 valence electrons. The second kappa shape index (κ2) is 7.44. The van der Waals surface area contributed by atoms with Gasteiger partial charge in [0.1, 0.15) is 5.82 Å². The van der Waals surface area contributed by atoms with E-state index in [0.29, 0.717) is 5.56 Å². The molecule has 1 aromatic heterocycles. The topological polar surface area (TPSA) is 45.2 Å². The lowest BCUT2D eigenvalue weighted by Crippen LogP contribution is -2.15. The number of nitrogens with zero attached hydrogens (tertiary/aromatic N) is 2. The van der Waals surface area contributed by atoms with Gasteiger partial charge >= 0.3 is 0 Å². The van der Waals surface area contributed by atoms with Crippen LogP contribution in [0.25, 0.3) is 0 Å². The van der Waals surface area contributed by atoms with E-state index in [1.54, 1.807) is 12.3 Å². The summed E-state index contributed by atoms with van der Waals surface area (Å²) in [5.74, 6) is 0.618. The summed E-state index contributed by atoms with van der Waals surface area (Å²) in [6.45, 7) is 0. The minimum atomic E-state index is -0.166. The maximum atomic E-state index is 12.3. The summed E-state index contributed by atoms with van der Waals surface area (Å²) in [6.07, 6.45) is 1.60. The molecule has 1 heterocycles. The molecule has 0 bridgehead atoms. The Kier molecular flexibility index (Phi) is 5.10. The number of carbonyl (C=O) groups is 1. The van der Waals surface area contributed by atoms with Crippen LogP contribution in [0.5, 0.6) is 0 Å². The largest absolute Gasteiger partial charge is 0.329 e. The van der Waals surface area contributed by atoms with E-state index in [9.17, 15) is 4.79 Å². The van der Waals surface area contributed by atoms with Crippen molar-refractivity contribution in [1.82, 2.24) is 4.98 Å². The molecular weight excluding hydrogens is 413 g/mol.